The summed E-state index contributed by atoms with van der Waals surface area (Å²) in [5, 5.41) is 0. The van der Waals surface area contributed by atoms with E-state index in [0.29, 0.717) is 11.8 Å². The van der Waals surface area contributed by atoms with Crippen molar-refractivity contribution in [3.63, 3.8) is 0 Å². The molecule has 0 spiro atoms. The van der Waals surface area contributed by atoms with Crippen molar-refractivity contribution < 1.29 is 19.2 Å². The Hall–Kier alpha value is 0.471. The van der Waals surface area contributed by atoms with Crippen LogP contribution in [0.4, 0.5) is 0 Å². The second kappa shape index (κ2) is 16.9. The second-order valence-electron chi connectivity index (χ2n) is 5.60. The Morgan fingerprint density at radius 3 is 0.917 bits per heavy atom. The molecule has 2 unspecified atom stereocenters. The monoisotopic (exact) mass is 422 g/mol. The van der Waals surface area contributed by atoms with Crippen molar-refractivity contribution in [2.24, 2.45) is 11.8 Å². The molecule has 2 rings (SSSR count). The van der Waals surface area contributed by atoms with Crippen LogP contribution in [0.15, 0.2) is 33.4 Å². The molecular formula is C20H36Cl2SiTi-4. The zero-order valence-electron chi connectivity index (χ0n) is 17.2. The Kier molecular flexibility index (Phi) is 25.1. The quantitative estimate of drug-likeness (QED) is 0.318. The van der Waals surface area contributed by atoms with Crippen LogP contribution >= 0.6 is 24.8 Å². The fraction of sp³-hybridized carbons (Fsp3) is 0.500. The molecule has 2 aliphatic carbocycles. The Morgan fingerprint density at radius 1 is 0.667 bits per heavy atom. The first kappa shape index (κ1) is 35.6. The molecule has 0 heterocycles. The molecule has 0 amide bonds. The number of hydrogen-bond donors (Lipinski definition) is 0. The Bertz CT molecular complexity index is 444. The van der Waals surface area contributed by atoms with Gasteiger partial charge in [0.25, 0.3) is 0 Å². The summed E-state index contributed by atoms with van der Waals surface area (Å²) in [5.41, 5.74) is 8.49. The van der Waals surface area contributed by atoms with Gasteiger partial charge in [-0.1, -0.05) is 53.4 Å². The molecular weight excluding hydrogens is 387 g/mol. The van der Waals surface area contributed by atoms with Crippen LogP contribution in [-0.2, 0) is 19.2 Å². The van der Waals surface area contributed by atoms with Gasteiger partial charge in [-0.3, -0.25) is 12.2 Å². The summed E-state index contributed by atoms with van der Waals surface area (Å²) in [5.74, 6) is 1.12. The summed E-state index contributed by atoms with van der Waals surface area (Å²) in [6.07, 6.45) is 6.72. The van der Waals surface area contributed by atoms with Crippen molar-refractivity contribution in [3.8, 4) is 0 Å². The Labute approximate surface area is 178 Å². The second-order valence-corrected chi connectivity index (χ2v) is 5.60. The van der Waals surface area contributed by atoms with Crippen LogP contribution in [0.2, 0.25) is 0 Å². The SMILES string of the molecule is CC1=[C-]C(C)C(C)=C1C.CC1=[C-]C(C)C(C)=C1C.Cl.Cl.[CH3-].[CH3-].[SiH2]=[Ti]. The minimum atomic E-state index is 0. The van der Waals surface area contributed by atoms with E-state index in [1.807, 2.05) is 26.8 Å². The van der Waals surface area contributed by atoms with E-state index >= 15 is 0 Å². The maximum atomic E-state index is 3.36. The molecule has 0 aromatic rings. The molecule has 142 valence electrons. The van der Waals surface area contributed by atoms with Crippen LogP contribution in [0, 0.1) is 38.8 Å². The summed E-state index contributed by atoms with van der Waals surface area (Å²) >= 11 is 2.03. The maximum absolute atomic E-state index is 3.36. The fourth-order valence-electron chi connectivity index (χ4n) is 2.32. The van der Waals surface area contributed by atoms with Gasteiger partial charge in [-0.05, 0) is 0 Å². The molecule has 0 N–H and O–H groups in total. The van der Waals surface area contributed by atoms with Gasteiger partial charge in [0.05, 0.1) is 0 Å². The van der Waals surface area contributed by atoms with Gasteiger partial charge in [0.15, 0.2) is 0 Å². The average molecular weight is 423 g/mol. The van der Waals surface area contributed by atoms with Crippen molar-refractivity contribution in [2.75, 3.05) is 0 Å². The number of rotatable bonds is 0. The third-order valence-electron chi connectivity index (χ3n) is 4.47. The predicted molar refractivity (Wildman–Crippen MR) is 116 cm³/mol. The van der Waals surface area contributed by atoms with E-state index in [-0.39, 0.29) is 39.7 Å². The molecule has 4 heteroatoms. The predicted octanol–water partition coefficient (Wildman–Crippen LogP) is 6.27. The third-order valence-corrected chi connectivity index (χ3v) is 4.47. The van der Waals surface area contributed by atoms with Crippen LogP contribution < -0.4 is 0 Å². The van der Waals surface area contributed by atoms with Gasteiger partial charge >= 0.3 is 26.8 Å². The van der Waals surface area contributed by atoms with Crippen molar-refractivity contribution in [1.29, 1.82) is 0 Å². The van der Waals surface area contributed by atoms with Gasteiger partial charge in [0, 0.05) is 0 Å². The molecule has 0 nitrogen and oxygen atoms in total. The first-order valence-corrected chi connectivity index (χ1v) is 11.2. The molecule has 0 bridgehead atoms. The summed E-state index contributed by atoms with van der Waals surface area (Å²) < 4.78 is 0. The Morgan fingerprint density at radius 2 is 0.875 bits per heavy atom. The van der Waals surface area contributed by atoms with Gasteiger partial charge in [0.2, 0.25) is 0 Å². The average Bonchev–Trinajstić information content (AvgIpc) is 2.78. The summed E-state index contributed by atoms with van der Waals surface area (Å²) in [6, 6.07) is 0. The van der Waals surface area contributed by atoms with Crippen molar-refractivity contribution >= 4 is 32.4 Å². The number of halogens is 2. The molecule has 0 radical (unpaired) electrons. The Balaban J connectivity index is -0.0000000789. The minimum absolute atomic E-state index is 0. The van der Waals surface area contributed by atoms with E-state index in [1.165, 1.54) is 33.4 Å². The molecule has 24 heavy (non-hydrogen) atoms. The van der Waals surface area contributed by atoms with Crippen LogP contribution in [-0.4, -0.2) is 7.63 Å². The molecule has 0 aromatic heterocycles. The van der Waals surface area contributed by atoms with Crippen LogP contribution in [0.3, 0.4) is 0 Å². The van der Waals surface area contributed by atoms with E-state index in [4.69, 9.17) is 0 Å². The topological polar surface area (TPSA) is 0 Å². The molecule has 0 saturated carbocycles. The van der Waals surface area contributed by atoms with Gasteiger partial charge in [-0.25, -0.2) is 11.1 Å². The van der Waals surface area contributed by atoms with E-state index in [0.717, 1.165) is 0 Å². The van der Waals surface area contributed by atoms with Crippen molar-refractivity contribution in [2.45, 2.75) is 55.4 Å². The number of hydrogen-bond acceptors (Lipinski definition) is 0. The molecule has 2 aliphatic rings. The zero-order valence-corrected chi connectivity index (χ0v) is 21.8. The van der Waals surface area contributed by atoms with E-state index in [2.05, 4.69) is 67.5 Å². The van der Waals surface area contributed by atoms with Crippen LogP contribution in [0.1, 0.15) is 55.4 Å². The van der Waals surface area contributed by atoms with E-state index in [1.54, 1.807) is 0 Å². The van der Waals surface area contributed by atoms with Gasteiger partial charge in [0.1, 0.15) is 0 Å². The van der Waals surface area contributed by atoms with E-state index in [9.17, 15) is 0 Å². The molecule has 0 aliphatic heterocycles. The molecule has 2 atom stereocenters. The normalized spacial score (nSPS) is 20.5. The standard InChI is InChI=1S/2C9H13.2CH3.2ClH.H2Si.Ti/c2*1-6-5-7(2)9(4)8(6)3;;;;;;/h2*6H,1-4H3;2*1H3;2*1H;1H2;/q4*-1;;;;. The van der Waals surface area contributed by atoms with Crippen molar-refractivity contribution in [1.82, 2.24) is 0 Å². The summed E-state index contributed by atoms with van der Waals surface area (Å²) in [6.45, 7) is 17.3. The summed E-state index contributed by atoms with van der Waals surface area (Å²) in [4.78, 5) is 0. The zero-order chi connectivity index (χ0) is 16.0. The number of allylic oxidation sites excluding steroid dienone is 8. The van der Waals surface area contributed by atoms with Gasteiger partial charge < -0.3 is 14.9 Å². The van der Waals surface area contributed by atoms with E-state index < -0.39 is 0 Å². The molecule has 0 aromatic carbocycles. The molecule has 0 fully saturated rings. The fourth-order valence-corrected chi connectivity index (χ4v) is 2.32. The van der Waals surface area contributed by atoms with Crippen LogP contribution in [0.5, 0.6) is 0 Å². The van der Waals surface area contributed by atoms with Gasteiger partial charge in [-0.15, -0.1) is 38.7 Å². The summed E-state index contributed by atoms with van der Waals surface area (Å²) in [7, 11) is 1.86. The molecule has 0 saturated heterocycles. The third kappa shape index (κ3) is 9.83. The first-order chi connectivity index (χ1) is 9.25. The van der Waals surface area contributed by atoms with Crippen molar-refractivity contribution in [3.05, 3.63) is 60.4 Å². The van der Waals surface area contributed by atoms with Crippen LogP contribution in [0.25, 0.3) is 0 Å². The van der Waals surface area contributed by atoms with Gasteiger partial charge in [-0.2, -0.15) is 22.3 Å². The first-order valence-electron chi connectivity index (χ1n) is 7.16.